The van der Waals surface area contributed by atoms with Gasteiger partial charge in [-0.15, -0.1) is 13.2 Å². The van der Waals surface area contributed by atoms with Gasteiger partial charge in [-0.05, 0) is 38.0 Å². The molecule has 0 saturated heterocycles. The summed E-state index contributed by atoms with van der Waals surface area (Å²) in [5.41, 5.74) is 3.47. The summed E-state index contributed by atoms with van der Waals surface area (Å²) in [6, 6.07) is 5.50. The second-order valence-corrected chi connectivity index (χ2v) is 5.38. The van der Waals surface area contributed by atoms with Crippen molar-refractivity contribution < 1.29 is 22.7 Å². The number of hydrogen-bond acceptors (Lipinski definition) is 3. The highest BCUT2D eigenvalue weighted by molar-refractivity contribution is 5.76. The van der Waals surface area contributed by atoms with E-state index in [-0.39, 0.29) is 18.1 Å². The number of ether oxygens (including phenoxy) is 1. The zero-order valence-corrected chi connectivity index (χ0v) is 13.3. The van der Waals surface area contributed by atoms with Crippen LogP contribution < -0.4 is 10.1 Å². The molecule has 130 valence electrons. The first kappa shape index (κ1) is 17.8. The number of alkyl halides is 3. The highest BCUT2D eigenvalue weighted by Gasteiger charge is 2.30. The summed E-state index contributed by atoms with van der Waals surface area (Å²) in [5.74, 6) is -0.410. The molecule has 1 aromatic carbocycles. The number of aromatic nitrogens is 2. The monoisotopic (exact) mass is 341 g/mol. The molecule has 1 aromatic heterocycles. The van der Waals surface area contributed by atoms with E-state index in [4.69, 9.17) is 0 Å². The largest absolute Gasteiger partial charge is 0.573 e. The van der Waals surface area contributed by atoms with Gasteiger partial charge in [-0.3, -0.25) is 9.89 Å². The summed E-state index contributed by atoms with van der Waals surface area (Å²) in [5, 5.41) is 9.71. The van der Waals surface area contributed by atoms with Crippen molar-refractivity contribution in [2.45, 2.75) is 39.6 Å². The number of H-pyrrole nitrogens is 1. The van der Waals surface area contributed by atoms with E-state index < -0.39 is 6.36 Å². The van der Waals surface area contributed by atoms with Gasteiger partial charge in [-0.2, -0.15) is 5.10 Å². The van der Waals surface area contributed by atoms with Crippen LogP contribution >= 0.6 is 0 Å². The normalized spacial score (nSPS) is 11.4. The number of aromatic amines is 1. The van der Waals surface area contributed by atoms with E-state index in [0.29, 0.717) is 13.0 Å². The second-order valence-electron chi connectivity index (χ2n) is 5.38. The molecule has 0 spiro atoms. The molecule has 0 aliphatic rings. The number of carbonyl (C=O) groups is 1. The zero-order valence-electron chi connectivity index (χ0n) is 13.3. The number of amides is 1. The minimum Gasteiger partial charge on any atom is -0.406 e. The standard InChI is InChI=1S/C16H18F3N3O2/c1-10-14(11(2)22-21-10)9-20-15(23)8-5-12-3-6-13(7-4-12)24-16(17,18)19/h3-4,6-7H,5,8-9H2,1-2H3,(H,20,23)(H,21,22). The van der Waals surface area contributed by atoms with Crippen molar-refractivity contribution in [2.75, 3.05) is 0 Å². The Kier molecular flexibility index (Phi) is 5.48. The topological polar surface area (TPSA) is 67.0 Å². The Labute approximate surface area is 137 Å². The van der Waals surface area contributed by atoms with Crippen molar-refractivity contribution in [3.05, 3.63) is 46.8 Å². The average molecular weight is 341 g/mol. The van der Waals surface area contributed by atoms with Crippen molar-refractivity contribution in [3.8, 4) is 5.75 Å². The second kappa shape index (κ2) is 7.37. The van der Waals surface area contributed by atoms with Crippen LogP contribution in [0.25, 0.3) is 0 Å². The lowest BCUT2D eigenvalue weighted by molar-refractivity contribution is -0.274. The van der Waals surface area contributed by atoms with E-state index in [2.05, 4.69) is 20.3 Å². The predicted molar refractivity (Wildman–Crippen MR) is 81.4 cm³/mol. The van der Waals surface area contributed by atoms with Crippen LogP contribution in [0.3, 0.4) is 0 Å². The summed E-state index contributed by atoms with van der Waals surface area (Å²) in [6.45, 7) is 4.13. The van der Waals surface area contributed by atoms with Gasteiger partial charge in [0.25, 0.3) is 0 Å². The summed E-state index contributed by atoms with van der Waals surface area (Å²) in [4.78, 5) is 11.9. The smallest absolute Gasteiger partial charge is 0.406 e. The molecule has 2 N–H and O–H groups in total. The SMILES string of the molecule is Cc1n[nH]c(C)c1CNC(=O)CCc1ccc(OC(F)(F)F)cc1. The molecule has 8 heteroatoms. The van der Waals surface area contributed by atoms with Gasteiger partial charge in [-0.1, -0.05) is 12.1 Å². The van der Waals surface area contributed by atoms with Crippen molar-refractivity contribution in [2.24, 2.45) is 0 Å². The third-order valence-electron chi connectivity index (χ3n) is 3.54. The molecule has 0 unspecified atom stereocenters. The molecule has 2 aromatic rings. The molecule has 2 rings (SSSR count). The zero-order chi connectivity index (χ0) is 17.7. The molecule has 1 heterocycles. The molecule has 0 bridgehead atoms. The molecule has 1 amide bonds. The number of halogens is 3. The Morgan fingerprint density at radius 2 is 1.92 bits per heavy atom. The summed E-state index contributed by atoms with van der Waals surface area (Å²) in [7, 11) is 0. The van der Waals surface area contributed by atoms with Crippen LogP contribution in [0, 0.1) is 13.8 Å². The van der Waals surface area contributed by atoms with Gasteiger partial charge in [0.2, 0.25) is 5.91 Å². The number of hydrogen-bond donors (Lipinski definition) is 2. The van der Waals surface area contributed by atoms with E-state index >= 15 is 0 Å². The quantitative estimate of drug-likeness (QED) is 0.848. The predicted octanol–water partition coefficient (Wildman–Crippen LogP) is 3.17. The lowest BCUT2D eigenvalue weighted by Crippen LogP contribution is -2.23. The van der Waals surface area contributed by atoms with Crippen molar-refractivity contribution in [1.29, 1.82) is 0 Å². The lowest BCUT2D eigenvalue weighted by atomic mass is 10.1. The van der Waals surface area contributed by atoms with Crippen LogP contribution in [0.15, 0.2) is 24.3 Å². The number of nitrogens with zero attached hydrogens (tertiary/aromatic N) is 1. The molecular weight excluding hydrogens is 323 g/mol. The molecule has 0 atom stereocenters. The Morgan fingerprint density at radius 1 is 1.25 bits per heavy atom. The van der Waals surface area contributed by atoms with Crippen LogP contribution in [0.4, 0.5) is 13.2 Å². The Morgan fingerprint density at radius 3 is 2.46 bits per heavy atom. The van der Waals surface area contributed by atoms with Gasteiger partial charge in [0, 0.05) is 24.2 Å². The highest BCUT2D eigenvalue weighted by atomic mass is 19.4. The van der Waals surface area contributed by atoms with Crippen LogP contribution in [0.5, 0.6) is 5.75 Å². The molecular formula is C16H18F3N3O2. The number of rotatable bonds is 6. The fourth-order valence-electron chi connectivity index (χ4n) is 2.23. The third kappa shape index (κ3) is 5.29. The summed E-state index contributed by atoms with van der Waals surface area (Å²) >= 11 is 0. The van der Waals surface area contributed by atoms with E-state index in [0.717, 1.165) is 22.5 Å². The minimum absolute atomic E-state index is 0.134. The van der Waals surface area contributed by atoms with Crippen LogP contribution in [-0.2, 0) is 17.8 Å². The first-order valence-electron chi connectivity index (χ1n) is 7.36. The average Bonchev–Trinajstić information content (AvgIpc) is 2.82. The Bertz CT molecular complexity index is 674. The molecule has 5 nitrogen and oxygen atoms in total. The van der Waals surface area contributed by atoms with Gasteiger partial charge in [0.05, 0.1) is 5.69 Å². The third-order valence-corrected chi connectivity index (χ3v) is 3.54. The number of aryl methyl sites for hydroxylation is 3. The highest BCUT2D eigenvalue weighted by Crippen LogP contribution is 2.23. The summed E-state index contributed by atoms with van der Waals surface area (Å²) < 4.78 is 40.0. The Balaban J connectivity index is 1.79. The first-order valence-corrected chi connectivity index (χ1v) is 7.36. The fraction of sp³-hybridized carbons (Fsp3) is 0.375. The van der Waals surface area contributed by atoms with E-state index in [1.807, 2.05) is 13.8 Å². The van der Waals surface area contributed by atoms with Crippen molar-refractivity contribution >= 4 is 5.91 Å². The van der Waals surface area contributed by atoms with Crippen molar-refractivity contribution in [3.63, 3.8) is 0 Å². The van der Waals surface area contributed by atoms with Gasteiger partial charge in [0.1, 0.15) is 5.75 Å². The molecule has 0 saturated carbocycles. The maximum atomic E-state index is 12.1. The molecule has 0 aliphatic carbocycles. The van der Waals surface area contributed by atoms with Gasteiger partial charge in [0.15, 0.2) is 0 Å². The van der Waals surface area contributed by atoms with E-state index in [9.17, 15) is 18.0 Å². The Hall–Kier alpha value is -2.51. The van der Waals surface area contributed by atoms with Crippen molar-refractivity contribution in [1.82, 2.24) is 15.5 Å². The molecule has 0 radical (unpaired) electrons. The van der Waals surface area contributed by atoms with Gasteiger partial charge in [-0.25, -0.2) is 0 Å². The number of benzene rings is 1. The van der Waals surface area contributed by atoms with E-state index in [1.54, 1.807) is 0 Å². The van der Waals surface area contributed by atoms with Crippen LogP contribution in [0.2, 0.25) is 0 Å². The molecule has 0 aliphatic heterocycles. The number of carbonyl (C=O) groups excluding carboxylic acids is 1. The lowest BCUT2D eigenvalue weighted by Gasteiger charge is -2.09. The maximum Gasteiger partial charge on any atom is 0.573 e. The van der Waals surface area contributed by atoms with Gasteiger partial charge >= 0.3 is 6.36 Å². The first-order chi connectivity index (χ1) is 11.2. The number of nitrogens with one attached hydrogen (secondary N) is 2. The van der Waals surface area contributed by atoms with E-state index in [1.165, 1.54) is 24.3 Å². The fourth-order valence-corrected chi connectivity index (χ4v) is 2.23. The molecule has 0 fully saturated rings. The van der Waals surface area contributed by atoms with Crippen LogP contribution in [0.1, 0.15) is 28.9 Å². The maximum absolute atomic E-state index is 12.1. The minimum atomic E-state index is -4.70. The molecule has 24 heavy (non-hydrogen) atoms. The van der Waals surface area contributed by atoms with Gasteiger partial charge < -0.3 is 10.1 Å². The van der Waals surface area contributed by atoms with Crippen LogP contribution in [-0.4, -0.2) is 22.5 Å². The summed E-state index contributed by atoms with van der Waals surface area (Å²) in [6.07, 6.45) is -4.03.